The number of imidazole rings is 1. The van der Waals surface area contributed by atoms with E-state index in [0.29, 0.717) is 5.95 Å². The molecule has 0 aliphatic rings. The summed E-state index contributed by atoms with van der Waals surface area (Å²) >= 11 is 0. The normalized spacial score (nSPS) is 10.2. The van der Waals surface area contributed by atoms with Crippen molar-refractivity contribution in [2.24, 2.45) is 0 Å². The highest BCUT2D eigenvalue weighted by atomic mass is 79.9. The van der Waals surface area contributed by atoms with E-state index in [9.17, 15) is 0 Å². The van der Waals surface area contributed by atoms with Crippen LogP contribution in [0.4, 0.5) is 5.95 Å². The van der Waals surface area contributed by atoms with Crippen LogP contribution in [-0.4, -0.2) is 9.55 Å². The molecule has 2 rings (SSSR count). The Bertz CT molecular complexity index is 436. The number of nitrogens with zero attached hydrogens (tertiary/aromatic N) is 2. The molecule has 0 radical (unpaired) electrons. The lowest BCUT2D eigenvalue weighted by Gasteiger charge is -2.04. The van der Waals surface area contributed by atoms with E-state index in [1.54, 1.807) is 0 Å². The average Bonchev–Trinajstić information content (AvgIpc) is 2.51. The van der Waals surface area contributed by atoms with Crippen molar-refractivity contribution < 1.29 is 0 Å². The first-order valence-corrected chi connectivity index (χ1v) is 5.03. The summed E-state index contributed by atoms with van der Waals surface area (Å²) in [5.41, 5.74) is 7.97. The van der Waals surface area contributed by atoms with E-state index in [1.807, 2.05) is 18.2 Å². The number of nitrogen functional groups attached to an aromatic ring is 1. The second-order valence-corrected chi connectivity index (χ2v) is 3.46. The molecule has 2 aromatic rings. The molecule has 0 aliphatic heterocycles. The molecule has 82 valence electrons. The molecule has 0 atom stereocenters. The van der Waals surface area contributed by atoms with Gasteiger partial charge in [-0.1, -0.05) is 25.5 Å². The van der Waals surface area contributed by atoms with E-state index >= 15 is 0 Å². The van der Waals surface area contributed by atoms with Gasteiger partial charge in [0.2, 0.25) is 5.95 Å². The van der Waals surface area contributed by atoms with Crippen molar-refractivity contribution in [3.8, 4) is 0 Å². The predicted octanol–water partition coefficient (Wildman–Crippen LogP) is 3.00. The van der Waals surface area contributed by atoms with E-state index < -0.39 is 0 Å². The molecule has 4 heteroatoms. The van der Waals surface area contributed by atoms with Crippen LogP contribution in [0.25, 0.3) is 11.0 Å². The molecule has 0 bridgehead atoms. The minimum Gasteiger partial charge on any atom is -0.369 e. The first kappa shape index (κ1) is 12.0. The number of aromatic nitrogens is 2. The molecule has 0 unspecified atom stereocenters. The second-order valence-electron chi connectivity index (χ2n) is 3.46. The molecule has 1 aromatic carbocycles. The Morgan fingerprint density at radius 3 is 2.80 bits per heavy atom. The van der Waals surface area contributed by atoms with Crippen molar-refractivity contribution in [1.29, 1.82) is 0 Å². The molecule has 0 aliphatic carbocycles. The Morgan fingerprint density at radius 1 is 1.33 bits per heavy atom. The molecular formula is C11H16BrN3. The number of fused-ring (bicyclic) bond motifs is 1. The number of para-hydroxylation sites is 2. The van der Waals surface area contributed by atoms with E-state index in [2.05, 4.69) is 22.5 Å². The molecule has 3 nitrogen and oxygen atoms in total. The van der Waals surface area contributed by atoms with Gasteiger partial charge in [0.25, 0.3) is 0 Å². The first-order valence-electron chi connectivity index (χ1n) is 5.03. The van der Waals surface area contributed by atoms with E-state index in [-0.39, 0.29) is 17.0 Å². The van der Waals surface area contributed by atoms with Gasteiger partial charge in [-0.2, -0.15) is 0 Å². The third-order valence-electron chi connectivity index (χ3n) is 2.42. The Balaban J connectivity index is 0.00000112. The van der Waals surface area contributed by atoms with Gasteiger partial charge in [-0.3, -0.25) is 0 Å². The summed E-state index contributed by atoms with van der Waals surface area (Å²) in [6.45, 7) is 3.14. The van der Waals surface area contributed by atoms with Crippen LogP contribution in [-0.2, 0) is 6.54 Å². The SMILES string of the molecule is Br.CCCCn1c(N)nc2ccccc21. The third kappa shape index (κ3) is 2.31. The summed E-state index contributed by atoms with van der Waals surface area (Å²) in [6.07, 6.45) is 2.32. The summed E-state index contributed by atoms with van der Waals surface area (Å²) in [7, 11) is 0. The van der Waals surface area contributed by atoms with E-state index in [0.717, 1.165) is 24.0 Å². The fourth-order valence-corrected chi connectivity index (χ4v) is 1.65. The average molecular weight is 270 g/mol. The summed E-state index contributed by atoms with van der Waals surface area (Å²) < 4.78 is 2.08. The van der Waals surface area contributed by atoms with Crippen molar-refractivity contribution in [3.05, 3.63) is 24.3 Å². The number of anilines is 1. The van der Waals surface area contributed by atoms with Crippen molar-refractivity contribution >= 4 is 34.0 Å². The maximum Gasteiger partial charge on any atom is 0.201 e. The van der Waals surface area contributed by atoms with Gasteiger partial charge in [0, 0.05) is 6.54 Å². The van der Waals surface area contributed by atoms with E-state index in [1.165, 1.54) is 6.42 Å². The number of aryl methyl sites for hydroxylation is 1. The molecule has 0 saturated heterocycles. The first-order chi connectivity index (χ1) is 6.83. The molecule has 0 fully saturated rings. The number of nitrogens with two attached hydrogens (primary N) is 1. The lowest BCUT2D eigenvalue weighted by Crippen LogP contribution is -2.02. The molecule has 1 heterocycles. The molecule has 0 saturated carbocycles. The van der Waals surface area contributed by atoms with Gasteiger partial charge in [0.1, 0.15) is 0 Å². The summed E-state index contributed by atoms with van der Waals surface area (Å²) in [6, 6.07) is 8.06. The monoisotopic (exact) mass is 269 g/mol. The van der Waals surface area contributed by atoms with Gasteiger partial charge in [0.15, 0.2) is 0 Å². The van der Waals surface area contributed by atoms with Crippen LogP contribution in [0.15, 0.2) is 24.3 Å². The van der Waals surface area contributed by atoms with Crippen LogP contribution >= 0.6 is 17.0 Å². The highest BCUT2D eigenvalue weighted by Crippen LogP contribution is 2.17. The molecule has 0 spiro atoms. The van der Waals surface area contributed by atoms with Crippen molar-refractivity contribution in [2.75, 3.05) is 5.73 Å². The molecular weight excluding hydrogens is 254 g/mol. The fraction of sp³-hybridized carbons (Fsp3) is 0.364. The van der Waals surface area contributed by atoms with E-state index in [4.69, 9.17) is 5.73 Å². The molecule has 1 aromatic heterocycles. The van der Waals surface area contributed by atoms with Crippen LogP contribution in [0.2, 0.25) is 0 Å². The Labute approximate surface area is 100 Å². The largest absolute Gasteiger partial charge is 0.369 e. The third-order valence-corrected chi connectivity index (χ3v) is 2.42. The minimum atomic E-state index is 0. The quantitative estimate of drug-likeness (QED) is 0.931. The highest BCUT2D eigenvalue weighted by molar-refractivity contribution is 8.93. The van der Waals surface area contributed by atoms with Crippen LogP contribution in [0.1, 0.15) is 19.8 Å². The van der Waals surface area contributed by atoms with Gasteiger partial charge in [-0.05, 0) is 18.6 Å². The van der Waals surface area contributed by atoms with Crippen LogP contribution in [0.3, 0.4) is 0 Å². The summed E-state index contributed by atoms with van der Waals surface area (Å²) in [4.78, 5) is 4.31. The lowest BCUT2D eigenvalue weighted by atomic mass is 10.3. The number of hydrogen-bond donors (Lipinski definition) is 1. The summed E-state index contributed by atoms with van der Waals surface area (Å²) in [5, 5.41) is 0. The van der Waals surface area contributed by atoms with Crippen LogP contribution in [0, 0.1) is 0 Å². The number of hydrogen-bond acceptors (Lipinski definition) is 2. The zero-order valence-corrected chi connectivity index (χ0v) is 10.5. The smallest absolute Gasteiger partial charge is 0.201 e. The van der Waals surface area contributed by atoms with Gasteiger partial charge < -0.3 is 10.3 Å². The molecule has 2 N–H and O–H groups in total. The lowest BCUT2D eigenvalue weighted by molar-refractivity contribution is 0.653. The molecule has 0 amide bonds. The molecule has 15 heavy (non-hydrogen) atoms. The zero-order chi connectivity index (χ0) is 9.97. The van der Waals surface area contributed by atoms with Crippen molar-refractivity contribution in [1.82, 2.24) is 9.55 Å². The van der Waals surface area contributed by atoms with Crippen molar-refractivity contribution in [3.63, 3.8) is 0 Å². The number of unbranched alkanes of at least 4 members (excludes halogenated alkanes) is 1. The maximum absolute atomic E-state index is 5.85. The fourth-order valence-electron chi connectivity index (χ4n) is 1.65. The van der Waals surface area contributed by atoms with Gasteiger partial charge >= 0.3 is 0 Å². The van der Waals surface area contributed by atoms with Crippen LogP contribution in [0.5, 0.6) is 0 Å². The van der Waals surface area contributed by atoms with Crippen LogP contribution < -0.4 is 5.73 Å². The Hall–Kier alpha value is -1.03. The second kappa shape index (κ2) is 5.16. The standard InChI is InChI=1S/C11H15N3.BrH/c1-2-3-8-14-10-7-5-4-6-9(10)13-11(14)12;/h4-7H,2-3,8H2,1H3,(H2,12,13);1H. The van der Waals surface area contributed by atoms with Crippen molar-refractivity contribution in [2.45, 2.75) is 26.3 Å². The Morgan fingerprint density at radius 2 is 2.07 bits per heavy atom. The zero-order valence-electron chi connectivity index (χ0n) is 8.81. The number of halogens is 1. The predicted molar refractivity (Wildman–Crippen MR) is 69.4 cm³/mol. The maximum atomic E-state index is 5.85. The number of rotatable bonds is 3. The minimum absolute atomic E-state index is 0. The van der Waals surface area contributed by atoms with Gasteiger partial charge in [-0.15, -0.1) is 17.0 Å². The van der Waals surface area contributed by atoms with Gasteiger partial charge in [-0.25, -0.2) is 4.98 Å². The highest BCUT2D eigenvalue weighted by Gasteiger charge is 2.05. The topological polar surface area (TPSA) is 43.8 Å². The summed E-state index contributed by atoms with van der Waals surface area (Å²) in [5.74, 6) is 0.625. The number of benzene rings is 1. The Kier molecular flexibility index (Phi) is 4.15. The van der Waals surface area contributed by atoms with Gasteiger partial charge in [0.05, 0.1) is 11.0 Å².